The van der Waals surface area contributed by atoms with Gasteiger partial charge in [0, 0.05) is 4.70 Å². The molecule has 148 valence electrons. The van der Waals surface area contributed by atoms with E-state index < -0.39 is 0 Å². The van der Waals surface area contributed by atoms with Crippen molar-refractivity contribution in [1.82, 2.24) is 4.98 Å². The van der Waals surface area contributed by atoms with Crippen LogP contribution in [-0.4, -0.2) is 4.98 Å². The second-order valence-electron chi connectivity index (χ2n) is 9.43. The van der Waals surface area contributed by atoms with E-state index in [9.17, 15) is 0 Å². The molecule has 0 radical (unpaired) electrons. The fourth-order valence-electron chi connectivity index (χ4n) is 5.17. The summed E-state index contributed by atoms with van der Waals surface area (Å²) in [5.74, 6) is 2.67. The second-order valence-corrected chi connectivity index (χ2v) is 11.4. The Morgan fingerprint density at radius 1 is 1.24 bits per heavy atom. The van der Waals surface area contributed by atoms with E-state index in [1.165, 1.54) is 62.9 Å². The van der Waals surface area contributed by atoms with Gasteiger partial charge in [-0.25, -0.2) is 4.57 Å². The third-order valence-electron chi connectivity index (χ3n) is 6.95. The molecule has 1 saturated carbocycles. The first kappa shape index (κ1) is 17.8. The Morgan fingerprint density at radius 2 is 2.03 bits per heavy atom. The van der Waals surface area contributed by atoms with Gasteiger partial charge in [0.05, 0.1) is 17.5 Å². The SMILES string of the molecule is Cc1c2c(cc3sccc13)Oc1c(C3CCC(C)(C)CC3)sc3nc[n+](C)c-2c13. The van der Waals surface area contributed by atoms with E-state index in [0.717, 1.165) is 16.3 Å². The van der Waals surface area contributed by atoms with Crippen LogP contribution in [0.15, 0.2) is 23.8 Å². The van der Waals surface area contributed by atoms with Gasteiger partial charge < -0.3 is 4.74 Å². The summed E-state index contributed by atoms with van der Waals surface area (Å²) in [6, 6.07) is 4.47. The first-order chi connectivity index (χ1) is 13.9. The minimum absolute atomic E-state index is 0.468. The molecule has 0 amide bonds. The molecule has 0 saturated heterocycles. The number of hydrogen-bond donors (Lipinski definition) is 0. The van der Waals surface area contributed by atoms with Gasteiger partial charge in [-0.05, 0) is 77.4 Å². The highest BCUT2D eigenvalue weighted by Gasteiger charge is 2.37. The molecule has 1 fully saturated rings. The molecule has 0 N–H and O–H groups in total. The number of benzene rings is 1. The summed E-state index contributed by atoms with van der Waals surface area (Å²) >= 11 is 3.64. The summed E-state index contributed by atoms with van der Waals surface area (Å²) in [6.45, 7) is 7.03. The largest absolute Gasteiger partial charge is 0.454 e. The fourth-order valence-corrected chi connectivity index (χ4v) is 7.28. The smallest absolute Gasteiger partial charge is 0.288 e. The molecule has 0 unspecified atom stereocenters. The van der Waals surface area contributed by atoms with Gasteiger partial charge in [-0.3, -0.25) is 0 Å². The van der Waals surface area contributed by atoms with E-state index in [-0.39, 0.29) is 0 Å². The lowest BCUT2D eigenvalue weighted by atomic mass is 9.72. The Kier molecular flexibility index (Phi) is 3.70. The number of hydrogen-bond acceptors (Lipinski definition) is 4. The number of thiophene rings is 2. The summed E-state index contributed by atoms with van der Waals surface area (Å²) in [5, 5.41) is 4.72. The van der Waals surface area contributed by atoms with E-state index in [1.54, 1.807) is 11.3 Å². The minimum atomic E-state index is 0.468. The highest BCUT2D eigenvalue weighted by Crippen LogP contribution is 2.56. The molecular weight excluding hydrogens is 396 g/mol. The highest BCUT2D eigenvalue weighted by molar-refractivity contribution is 7.19. The molecule has 4 aromatic rings. The van der Waals surface area contributed by atoms with Crippen molar-refractivity contribution in [3.63, 3.8) is 0 Å². The lowest BCUT2D eigenvalue weighted by Crippen LogP contribution is -2.32. The molecule has 1 aliphatic carbocycles. The molecule has 1 aromatic carbocycles. The number of ether oxygens (including phenoxy) is 1. The van der Waals surface area contributed by atoms with Crippen molar-refractivity contribution in [3.8, 4) is 22.8 Å². The van der Waals surface area contributed by atoms with Gasteiger partial charge in [-0.2, -0.15) is 0 Å². The topological polar surface area (TPSA) is 26.0 Å². The predicted molar refractivity (Wildman–Crippen MR) is 121 cm³/mol. The monoisotopic (exact) mass is 421 g/mol. The van der Waals surface area contributed by atoms with Crippen molar-refractivity contribution < 1.29 is 9.30 Å². The Balaban J connectivity index is 1.60. The van der Waals surface area contributed by atoms with Crippen molar-refractivity contribution in [2.45, 2.75) is 52.4 Å². The van der Waals surface area contributed by atoms with Crippen molar-refractivity contribution in [3.05, 3.63) is 34.3 Å². The Labute approximate surface area is 179 Å². The summed E-state index contributed by atoms with van der Waals surface area (Å²) in [5.41, 5.74) is 4.26. The molecule has 2 aliphatic rings. The molecule has 0 atom stereocenters. The highest BCUT2D eigenvalue weighted by atomic mass is 32.1. The van der Waals surface area contributed by atoms with Crippen LogP contribution in [0.1, 0.15) is 55.9 Å². The quantitative estimate of drug-likeness (QED) is 0.270. The molecular formula is C24H25N2OS2+. The fraction of sp³-hybridized carbons (Fsp3) is 0.417. The van der Waals surface area contributed by atoms with Crippen LogP contribution in [0.25, 0.3) is 31.6 Å². The lowest BCUT2D eigenvalue weighted by Gasteiger charge is -2.34. The van der Waals surface area contributed by atoms with E-state index in [2.05, 4.69) is 49.9 Å². The molecule has 1 aliphatic heterocycles. The van der Waals surface area contributed by atoms with Gasteiger partial charge in [0.25, 0.3) is 6.33 Å². The molecule has 3 nitrogen and oxygen atoms in total. The second kappa shape index (κ2) is 6.02. The van der Waals surface area contributed by atoms with Gasteiger partial charge in [-0.1, -0.05) is 25.2 Å². The van der Waals surface area contributed by atoms with Gasteiger partial charge in [0.1, 0.15) is 11.1 Å². The predicted octanol–water partition coefficient (Wildman–Crippen LogP) is 7.10. The van der Waals surface area contributed by atoms with Crippen LogP contribution in [0.2, 0.25) is 0 Å². The molecule has 5 heteroatoms. The maximum absolute atomic E-state index is 6.70. The Hall–Kier alpha value is -1.98. The van der Waals surface area contributed by atoms with Crippen LogP contribution in [-0.2, 0) is 7.05 Å². The van der Waals surface area contributed by atoms with Gasteiger partial charge >= 0.3 is 0 Å². The van der Waals surface area contributed by atoms with Crippen LogP contribution in [0.4, 0.5) is 0 Å². The molecule has 0 spiro atoms. The number of aromatic nitrogens is 2. The Morgan fingerprint density at radius 3 is 2.83 bits per heavy atom. The van der Waals surface area contributed by atoms with E-state index >= 15 is 0 Å². The summed E-state index contributed by atoms with van der Waals surface area (Å²) in [6.07, 6.45) is 7.02. The maximum Gasteiger partial charge on any atom is 0.288 e. The van der Waals surface area contributed by atoms with Gasteiger partial charge in [0.2, 0.25) is 4.83 Å². The third-order valence-corrected chi connectivity index (χ3v) is 9.06. The van der Waals surface area contributed by atoms with Crippen molar-refractivity contribution in [2.24, 2.45) is 12.5 Å². The van der Waals surface area contributed by atoms with E-state index in [1.807, 2.05) is 17.7 Å². The summed E-state index contributed by atoms with van der Waals surface area (Å²) in [7, 11) is 2.11. The van der Waals surface area contributed by atoms with Crippen LogP contribution >= 0.6 is 22.7 Å². The van der Waals surface area contributed by atoms with Gasteiger partial charge in [-0.15, -0.1) is 11.3 Å². The molecule has 6 rings (SSSR count). The van der Waals surface area contributed by atoms with E-state index in [0.29, 0.717) is 11.3 Å². The molecule has 4 heterocycles. The standard InChI is InChI=1S/C24H25N2OS2/c1-13-15-7-10-28-17(15)11-16-18(13)20-19-21(27-16)22(29-23(19)25-12-26(20)4)14-5-8-24(2,3)9-6-14/h7,10-12,14H,5-6,8-9H2,1-4H3/q+1. The van der Waals surface area contributed by atoms with Crippen molar-refractivity contribution in [1.29, 1.82) is 0 Å². The number of fused-ring (bicyclic) bond motifs is 3. The number of rotatable bonds is 1. The number of nitrogens with zero attached hydrogens (tertiary/aromatic N) is 2. The van der Waals surface area contributed by atoms with Crippen LogP contribution < -0.4 is 9.30 Å². The molecule has 29 heavy (non-hydrogen) atoms. The minimum Gasteiger partial charge on any atom is -0.454 e. The molecule has 0 bridgehead atoms. The van der Waals surface area contributed by atoms with Crippen LogP contribution in [0, 0.1) is 12.3 Å². The van der Waals surface area contributed by atoms with Crippen LogP contribution in [0.3, 0.4) is 0 Å². The average Bonchev–Trinajstić information content (AvgIpc) is 3.30. The first-order valence-corrected chi connectivity index (χ1v) is 12.1. The Bertz CT molecular complexity index is 1290. The zero-order valence-corrected chi connectivity index (χ0v) is 19.0. The average molecular weight is 422 g/mol. The third kappa shape index (κ3) is 2.53. The normalized spacial score (nSPS) is 18.2. The van der Waals surface area contributed by atoms with Crippen molar-refractivity contribution >= 4 is 43.0 Å². The van der Waals surface area contributed by atoms with Gasteiger partial charge in [0.15, 0.2) is 11.4 Å². The maximum atomic E-state index is 6.70. The zero-order chi connectivity index (χ0) is 19.9. The number of aryl methyl sites for hydroxylation is 2. The summed E-state index contributed by atoms with van der Waals surface area (Å²) < 4.78 is 10.2. The molecule has 3 aromatic heterocycles. The first-order valence-electron chi connectivity index (χ1n) is 10.4. The van der Waals surface area contributed by atoms with Crippen LogP contribution in [0.5, 0.6) is 11.5 Å². The van der Waals surface area contributed by atoms with Crippen molar-refractivity contribution in [2.75, 3.05) is 0 Å². The lowest BCUT2D eigenvalue weighted by molar-refractivity contribution is -0.662. The zero-order valence-electron chi connectivity index (χ0n) is 17.3. The summed E-state index contributed by atoms with van der Waals surface area (Å²) in [4.78, 5) is 7.31. The van der Waals surface area contributed by atoms with E-state index in [4.69, 9.17) is 9.72 Å².